The summed E-state index contributed by atoms with van der Waals surface area (Å²) in [6.07, 6.45) is 10.00. The standard InChI is InChI=1S/C22H35N3O/c1-26-22-10-6-5-9-21(22)25-17-15-24(16-18-25)20-11-13-23(14-12-20)19-7-3-2-4-8-19/h5-6,9-10,19-20H,2-4,7-8,11-18H2,1H3. The fourth-order valence-electron chi connectivity index (χ4n) is 5.28. The molecule has 0 aromatic heterocycles. The molecule has 2 aliphatic heterocycles. The van der Waals surface area contributed by atoms with Crippen LogP contribution in [0.5, 0.6) is 5.75 Å². The zero-order valence-corrected chi connectivity index (χ0v) is 16.4. The number of piperazine rings is 1. The van der Waals surface area contributed by atoms with E-state index in [1.807, 2.05) is 0 Å². The van der Waals surface area contributed by atoms with E-state index in [1.54, 1.807) is 7.11 Å². The number of rotatable bonds is 4. The zero-order chi connectivity index (χ0) is 17.8. The van der Waals surface area contributed by atoms with Crippen LogP contribution in [-0.4, -0.2) is 68.3 Å². The van der Waals surface area contributed by atoms with Crippen molar-refractivity contribution in [1.29, 1.82) is 0 Å². The first-order valence-corrected chi connectivity index (χ1v) is 10.7. The first-order chi connectivity index (χ1) is 12.8. The van der Waals surface area contributed by atoms with Crippen molar-refractivity contribution in [3.8, 4) is 5.75 Å². The van der Waals surface area contributed by atoms with Gasteiger partial charge in [0, 0.05) is 38.3 Å². The van der Waals surface area contributed by atoms with Crippen molar-refractivity contribution < 1.29 is 4.74 Å². The van der Waals surface area contributed by atoms with Gasteiger partial charge in [-0.1, -0.05) is 31.4 Å². The minimum Gasteiger partial charge on any atom is -0.495 e. The van der Waals surface area contributed by atoms with Crippen LogP contribution >= 0.6 is 0 Å². The van der Waals surface area contributed by atoms with Crippen molar-refractivity contribution in [1.82, 2.24) is 9.80 Å². The second kappa shape index (κ2) is 8.62. The smallest absolute Gasteiger partial charge is 0.142 e. The van der Waals surface area contributed by atoms with E-state index in [9.17, 15) is 0 Å². The molecule has 0 radical (unpaired) electrons. The lowest BCUT2D eigenvalue weighted by molar-refractivity contribution is 0.0677. The Kier molecular flexibility index (Phi) is 6.01. The maximum Gasteiger partial charge on any atom is 0.142 e. The Balaban J connectivity index is 1.26. The van der Waals surface area contributed by atoms with Gasteiger partial charge in [-0.15, -0.1) is 0 Å². The van der Waals surface area contributed by atoms with E-state index in [1.165, 1.54) is 76.8 Å². The highest BCUT2D eigenvalue weighted by Gasteiger charge is 2.30. The topological polar surface area (TPSA) is 19.0 Å². The van der Waals surface area contributed by atoms with Crippen LogP contribution in [0.3, 0.4) is 0 Å². The highest BCUT2D eigenvalue weighted by atomic mass is 16.5. The fourth-order valence-corrected chi connectivity index (χ4v) is 5.28. The van der Waals surface area contributed by atoms with Crippen LogP contribution in [0.1, 0.15) is 44.9 Å². The number of para-hydroxylation sites is 2. The van der Waals surface area contributed by atoms with Crippen LogP contribution in [0.2, 0.25) is 0 Å². The first kappa shape index (κ1) is 18.1. The predicted molar refractivity (Wildman–Crippen MR) is 108 cm³/mol. The molecule has 4 heteroatoms. The largest absolute Gasteiger partial charge is 0.495 e. The van der Waals surface area contributed by atoms with Crippen molar-refractivity contribution in [2.75, 3.05) is 51.3 Å². The van der Waals surface area contributed by atoms with E-state index in [0.717, 1.165) is 30.9 Å². The van der Waals surface area contributed by atoms with Crippen LogP contribution in [0.25, 0.3) is 0 Å². The number of piperidine rings is 1. The van der Waals surface area contributed by atoms with Crippen LogP contribution in [0, 0.1) is 0 Å². The number of hydrogen-bond donors (Lipinski definition) is 0. The number of hydrogen-bond acceptors (Lipinski definition) is 4. The molecule has 2 saturated heterocycles. The molecule has 0 amide bonds. The number of methoxy groups -OCH3 is 1. The molecule has 1 aromatic rings. The Morgan fingerprint density at radius 1 is 0.731 bits per heavy atom. The van der Waals surface area contributed by atoms with Crippen LogP contribution < -0.4 is 9.64 Å². The number of ether oxygens (including phenoxy) is 1. The quantitative estimate of drug-likeness (QED) is 0.819. The molecule has 0 unspecified atom stereocenters. The predicted octanol–water partition coefficient (Wildman–Crippen LogP) is 3.61. The molecule has 1 saturated carbocycles. The van der Waals surface area contributed by atoms with Gasteiger partial charge in [0.15, 0.2) is 0 Å². The SMILES string of the molecule is COc1ccccc1N1CCN(C2CCN(C3CCCCC3)CC2)CC1. The molecular weight excluding hydrogens is 322 g/mol. The second-order valence-corrected chi connectivity index (χ2v) is 8.25. The molecule has 3 aliphatic rings. The van der Waals surface area contributed by atoms with E-state index in [-0.39, 0.29) is 0 Å². The van der Waals surface area contributed by atoms with E-state index in [4.69, 9.17) is 4.74 Å². The van der Waals surface area contributed by atoms with E-state index in [2.05, 4.69) is 39.0 Å². The van der Waals surface area contributed by atoms with Crippen molar-refractivity contribution >= 4 is 5.69 Å². The van der Waals surface area contributed by atoms with Crippen LogP contribution in [-0.2, 0) is 0 Å². The summed E-state index contributed by atoms with van der Waals surface area (Å²) < 4.78 is 5.55. The summed E-state index contributed by atoms with van der Waals surface area (Å²) in [6, 6.07) is 10.1. The number of likely N-dealkylation sites (tertiary alicyclic amines) is 1. The highest BCUT2D eigenvalue weighted by Crippen LogP contribution is 2.30. The molecule has 1 aromatic carbocycles. The monoisotopic (exact) mass is 357 g/mol. The van der Waals surface area contributed by atoms with Gasteiger partial charge in [-0.3, -0.25) is 4.90 Å². The average molecular weight is 358 g/mol. The summed E-state index contributed by atoms with van der Waals surface area (Å²) in [5.41, 5.74) is 1.25. The van der Waals surface area contributed by atoms with E-state index in [0.29, 0.717) is 0 Å². The van der Waals surface area contributed by atoms with E-state index >= 15 is 0 Å². The molecule has 1 aliphatic carbocycles. The molecule has 0 spiro atoms. The molecule has 4 nitrogen and oxygen atoms in total. The van der Waals surface area contributed by atoms with Crippen LogP contribution in [0.15, 0.2) is 24.3 Å². The van der Waals surface area contributed by atoms with Crippen molar-refractivity contribution in [2.24, 2.45) is 0 Å². The molecule has 26 heavy (non-hydrogen) atoms. The lowest BCUT2D eigenvalue weighted by Gasteiger charge is -2.45. The number of anilines is 1. The van der Waals surface area contributed by atoms with Gasteiger partial charge in [0.25, 0.3) is 0 Å². The van der Waals surface area contributed by atoms with Gasteiger partial charge in [-0.25, -0.2) is 0 Å². The van der Waals surface area contributed by atoms with Crippen molar-refractivity contribution in [2.45, 2.75) is 57.0 Å². The molecule has 4 rings (SSSR count). The maximum absolute atomic E-state index is 5.55. The third-order valence-corrected chi connectivity index (χ3v) is 6.85. The van der Waals surface area contributed by atoms with Crippen molar-refractivity contribution in [3.63, 3.8) is 0 Å². The Bertz CT molecular complexity index is 556. The zero-order valence-electron chi connectivity index (χ0n) is 16.4. The molecule has 0 atom stereocenters. The third kappa shape index (κ3) is 4.01. The third-order valence-electron chi connectivity index (χ3n) is 6.85. The van der Waals surface area contributed by atoms with Crippen molar-refractivity contribution in [3.05, 3.63) is 24.3 Å². The Labute approximate surface area is 159 Å². The van der Waals surface area contributed by atoms with Gasteiger partial charge in [0.2, 0.25) is 0 Å². The molecule has 3 fully saturated rings. The Hall–Kier alpha value is -1.26. The molecule has 0 N–H and O–H groups in total. The normalized spacial score (nSPS) is 24.7. The lowest BCUT2D eigenvalue weighted by Crippen LogP contribution is -2.54. The molecular formula is C22H35N3O. The van der Waals surface area contributed by atoms with Gasteiger partial charge >= 0.3 is 0 Å². The summed E-state index contributed by atoms with van der Waals surface area (Å²) in [6.45, 7) is 7.24. The Morgan fingerprint density at radius 2 is 1.35 bits per heavy atom. The first-order valence-electron chi connectivity index (χ1n) is 10.7. The minimum absolute atomic E-state index is 0.801. The Morgan fingerprint density at radius 3 is 2.04 bits per heavy atom. The second-order valence-electron chi connectivity index (χ2n) is 8.25. The highest BCUT2D eigenvalue weighted by molar-refractivity contribution is 5.58. The van der Waals surface area contributed by atoms with Gasteiger partial charge in [0.05, 0.1) is 12.8 Å². The summed E-state index contributed by atoms with van der Waals surface area (Å²) in [7, 11) is 1.77. The summed E-state index contributed by atoms with van der Waals surface area (Å²) in [5, 5.41) is 0. The lowest BCUT2D eigenvalue weighted by atomic mass is 9.91. The fraction of sp³-hybridized carbons (Fsp3) is 0.727. The van der Waals surface area contributed by atoms with Gasteiger partial charge in [0.1, 0.15) is 5.75 Å². The van der Waals surface area contributed by atoms with Gasteiger partial charge in [-0.05, 0) is 50.9 Å². The summed E-state index contributed by atoms with van der Waals surface area (Å²) in [4.78, 5) is 8.05. The number of benzene rings is 1. The van der Waals surface area contributed by atoms with Crippen LogP contribution in [0.4, 0.5) is 5.69 Å². The summed E-state index contributed by atoms with van der Waals surface area (Å²) in [5.74, 6) is 1.00. The maximum atomic E-state index is 5.55. The van der Waals surface area contributed by atoms with E-state index < -0.39 is 0 Å². The minimum atomic E-state index is 0.801. The number of nitrogens with zero attached hydrogens (tertiary/aromatic N) is 3. The molecule has 0 bridgehead atoms. The van der Waals surface area contributed by atoms with Gasteiger partial charge in [-0.2, -0.15) is 0 Å². The van der Waals surface area contributed by atoms with Gasteiger partial charge < -0.3 is 14.5 Å². The molecule has 2 heterocycles. The molecule has 144 valence electrons. The summed E-state index contributed by atoms with van der Waals surface area (Å²) >= 11 is 0. The average Bonchev–Trinajstić information content (AvgIpc) is 2.74.